The van der Waals surface area contributed by atoms with Gasteiger partial charge in [0.25, 0.3) is 0 Å². The summed E-state index contributed by atoms with van der Waals surface area (Å²) < 4.78 is 0. The third-order valence-corrected chi connectivity index (χ3v) is 3.70. The predicted molar refractivity (Wildman–Crippen MR) is 65.1 cm³/mol. The normalized spacial score (nSPS) is 17.8. The summed E-state index contributed by atoms with van der Waals surface area (Å²) in [6, 6.07) is 6.17. The Morgan fingerprint density at radius 2 is 2.20 bits per heavy atom. The van der Waals surface area contributed by atoms with Crippen molar-refractivity contribution in [2.45, 2.75) is 38.6 Å². The van der Waals surface area contributed by atoms with Gasteiger partial charge in [0.2, 0.25) is 0 Å². The fourth-order valence-corrected chi connectivity index (χ4v) is 2.18. The minimum Gasteiger partial charge on any atom is -0.324 e. The summed E-state index contributed by atoms with van der Waals surface area (Å²) in [5.41, 5.74) is 8.53. The molecule has 1 aliphatic carbocycles. The molecule has 0 radical (unpaired) electrons. The third kappa shape index (κ3) is 2.73. The lowest BCUT2D eigenvalue weighted by atomic mass is 9.97. The molecule has 0 aromatic heterocycles. The molecule has 0 amide bonds. The van der Waals surface area contributed by atoms with Gasteiger partial charge < -0.3 is 5.73 Å². The van der Waals surface area contributed by atoms with Crippen molar-refractivity contribution in [3.63, 3.8) is 0 Å². The average molecular weight is 224 g/mol. The van der Waals surface area contributed by atoms with E-state index < -0.39 is 0 Å². The maximum absolute atomic E-state index is 6.18. The van der Waals surface area contributed by atoms with Crippen LogP contribution in [-0.2, 0) is 0 Å². The summed E-state index contributed by atoms with van der Waals surface area (Å²) in [4.78, 5) is 0. The topological polar surface area (TPSA) is 26.0 Å². The summed E-state index contributed by atoms with van der Waals surface area (Å²) in [6.07, 6.45) is 5.17. The highest BCUT2D eigenvalue weighted by Gasteiger charge is 2.22. The van der Waals surface area contributed by atoms with E-state index >= 15 is 0 Å². The van der Waals surface area contributed by atoms with Crippen LogP contribution in [0.4, 0.5) is 0 Å². The van der Waals surface area contributed by atoms with Crippen molar-refractivity contribution >= 4 is 11.6 Å². The Balaban J connectivity index is 2.02. The molecule has 1 saturated carbocycles. The fraction of sp³-hybridized carbons (Fsp3) is 0.538. The Bertz CT molecular complexity index is 344. The first-order valence-electron chi connectivity index (χ1n) is 5.69. The van der Waals surface area contributed by atoms with E-state index in [-0.39, 0.29) is 6.04 Å². The van der Waals surface area contributed by atoms with Crippen LogP contribution in [0.3, 0.4) is 0 Å². The fourth-order valence-electron chi connectivity index (χ4n) is 2.00. The Hall–Kier alpha value is -0.530. The molecule has 1 aromatic carbocycles. The van der Waals surface area contributed by atoms with Gasteiger partial charge in [-0.25, -0.2) is 0 Å². The van der Waals surface area contributed by atoms with E-state index in [1.807, 2.05) is 12.1 Å². The first-order chi connectivity index (χ1) is 7.18. The van der Waals surface area contributed by atoms with E-state index in [4.69, 9.17) is 17.3 Å². The van der Waals surface area contributed by atoms with Crippen LogP contribution in [0.1, 0.15) is 42.9 Å². The van der Waals surface area contributed by atoms with Crippen molar-refractivity contribution in [1.29, 1.82) is 0 Å². The van der Waals surface area contributed by atoms with E-state index in [1.54, 1.807) is 0 Å². The number of hydrogen-bond donors (Lipinski definition) is 1. The molecule has 2 heteroatoms. The number of halogens is 1. The summed E-state index contributed by atoms with van der Waals surface area (Å²) >= 11 is 6.08. The molecule has 0 saturated heterocycles. The van der Waals surface area contributed by atoms with Crippen LogP contribution < -0.4 is 5.73 Å². The average Bonchev–Trinajstić information content (AvgIpc) is 3.02. The van der Waals surface area contributed by atoms with Crippen molar-refractivity contribution in [2.75, 3.05) is 0 Å². The van der Waals surface area contributed by atoms with Crippen molar-refractivity contribution in [3.8, 4) is 0 Å². The zero-order valence-corrected chi connectivity index (χ0v) is 9.93. The molecule has 2 rings (SSSR count). The summed E-state index contributed by atoms with van der Waals surface area (Å²) in [5.74, 6) is 0.954. The van der Waals surface area contributed by atoms with Crippen LogP contribution >= 0.6 is 11.6 Å². The highest BCUT2D eigenvalue weighted by atomic mass is 35.5. The second-order valence-electron chi connectivity index (χ2n) is 4.58. The zero-order valence-electron chi connectivity index (χ0n) is 9.17. The molecule has 1 aliphatic rings. The molecule has 1 aromatic rings. The molecule has 82 valence electrons. The smallest absolute Gasteiger partial charge is 0.0438 e. The van der Waals surface area contributed by atoms with Gasteiger partial charge in [0, 0.05) is 11.1 Å². The second-order valence-corrected chi connectivity index (χ2v) is 4.99. The lowest BCUT2D eigenvalue weighted by Gasteiger charge is -2.15. The van der Waals surface area contributed by atoms with Crippen LogP contribution in [0.25, 0.3) is 0 Å². The van der Waals surface area contributed by atoms with Gasteiger partial charge >= 0.3 is 0 Å². The van der Waals surface area contributed by atoms with Gasteiger partial charge in [0.1, 0.15) is 0 Å². The van der Waals surface area contributed by atoms with Crippen LogP contribution in [-0.4, -0.2) is 0 Å². The Kier molecular flexibility index (Phi) is 3.32. The Morgan fingerprint density at radius 1 is 1.47 bits per heavy atom. The zero-order chi connectivity index (χ0) is 10.8. The van der Waals surface area contributed by atoms with Crippen molar-refractivity contribution in [3.05, 3.63) is 34.3 Å². The van der Waals surface area contributed by atoms with Gasteiger partial charge in [-0.2, -0.15) is 0 Å². The number of nitrogens with two attached hydrogens (primary N) is 1. The molecule has 1 unspecified atom stereocenters. The number of benzene rings is 1. The first kappa shape index (κ1) is 11.0. The molecule has 2 N–H and O–H groups in total. The summed E-state index contributed by atoms with van der Waals surface area (Å²) in [6.45, 7) is 2.05. The van der Waals surface area contributed by atoms with Gasteiger partial charge in [-0.1, -0.05) is 36.6 Å². The summed E-state index contributed by atoms with van der Waals surface area (Å²) in [5, 5.41) is 0.828. The largest absolute Gasteiger partial charge is 0.324 e. The standard InChI is InChI=1S/C13H18ClN/c1-9-11(3-2-4-12(9)14)13(15)8-7-10-5-6-10/h2-4,10,13H,5-8,15H2,1H3. The molecule has 15 heavy (non-hydrogen) atoms. The van der Waals surface area contributed by atoms with Crippen LogP contribution in [0.5, 0.6) is 0 Å². The van der Waals surface area contributed by atoms with Gasteiger partial charge in [-0.3, -0.25) is 0 Å². The van der Waals surface area contributed by atoms with E-state index in [0.717, 1.165) is 22.9 Å². The Morgan fingerprint density at radius 3 is 2.87 bits per heavy atom. The predicted octanol–water partition coefficient (Wildman–Crippen LogP) is 3.84. The molecule has 1 nitrogen and oxygen atoms in total. The van der Waals surface area contributed by atoms with Crippen LogP contribution in [0.15, 0.2) is 18.2 Å². The van der Waals surface area contributed by atoms with Gasteiger partial charge in [0.15, 0.2) is 0 Å². The van der Waals surface area contributed by atoms with Crippen molar-refractivity contribution in [1.82, 2.24) is 0 Å². The number of hydrogen-bond acceptors (Lipinski definition) is 1. The lowest BCUT2D eigenvalue weighted by Crippen LogP contribution is -2.12. The van der Waals surface area contributed by atoms with Gasteiger partial charge in [-0.15, -0.1) is 0 Å². The SMILES string of the molecule is Cc1c(Cl)cccc1C(N)CCC1CC1. The van der Waals surface area contributed by atoms with Crippen molar-refractivity contribution in [2.24, 2.45) is 11.7 Å². The van der Waals surface area contributed by atoms with E-state index in [9.17, 15) is 0 Å². The minimum atomic E-state index is 0.157. The van der Waals surface area contributed by atoms with E-state index in [1.165, 1.54) is 24.8 Å². The molecule has 1 atom stereocenters. The highest BCUT2D eigenvalue weighted by molar-refractivity contribution is 6.31. The first-order valence-corrected chi connectivity index (χ1v) is 6.07. The van der Waals surface area contributed by atoms with E-state index in [0.29, 0.717) is 0 Å². The highest BCUT2D eigenvalue weighted by Crippen LogP contribution is 2.36. The molecular formula is C13H18ClN. The Labute approximate surface area is 96.6 Å². The maximum Gasteiger partial charge on any atom is 0.0438 e. The lowest BCUT2D eigenvalue weighted by molar-refractivity contribution is 0.573. The maximum atomic E-state index is 6.18. The monoisotopic (exact) mass is 223 g/mol. The van der Waals surface area contributed by atoms with Gasteiger partial charge in [0.05, 0.1) is 0 Å². The molecular weight excluding hydrogens is 206 g/mol. The number of rotatable bonds is 4. The minimum absolute atomic E-state index is 0.157. The van der Waals surface area contributed by atoms with E-state index in [2.05, 4.69) is 13.0 Å². The quantitative estimate of drug-likeness (QED) is 0.825. The van der Waals surface area contributed by atoms with Crippen LogP contribution in [0.2, 0.25) is 5.02 Å². The molecule has 0 spiro atoms. The molecule has 0 heterocycles. The van der Waals surface area contributed by atoms with Gasteiger partial charge in [-0.05, 0) is 42.9 Å². The molecule has 1 fully saturated rings. The van der Waals surface area contributed by atoms with Crippen LogP contribution in [0, 0.1) is 12.8 Å². The van der Waals surface area contributed by atoms with Crippen molar-refractivity contribution < 1.29 is 0 Å². The summed E-state index contributed by atoms with van der Waals surface area (Å²) in [7, 11) is 0. The molecule has 0 aliphatic heterocycles. The second kappa shape index (κ2) is 4.54. The third-order valence-electron chi connectivity index (χ3n) is 3.29. The molecule has 0 bridgehead atoms.